The van der Waals surface area contributed by atoms with Crippen molar-refractivity contribution in [3.8, 4) is 0 Å². The molecule has 158 valence electrons. The van der Waals surface area contributed by atoms with E-state index in [4.69, 9.17) is 14.6 Å². The van der Waals surface area contributed by atoms with Crippen molar-refractivity contribution in [2.24, 2.45) is 0 Å². The molecule has 0 saturated carbocycles. The summed E-state index contributed by atoms with van der Waals surface area (Å²) in [5.41, 5.74) is 5.14. The highest BCUT2D eigenvalue weighted by Crippen LogP contribution is 2.11. The zero-order valence-corrected chi connectivity index (χ0v) is 15.5. The fraction of sp³-hybridized carbons (Fsp3) is 0.556. The fourth-order valence-corrected chi connectivity index (χ4v) is 2.54. The predicted molar refractivity (Wildman–Crippen MR) is 92.7 cm³/mol. The number of carboxylic acid groups (broad SMARTS) is 1. The lowest BCUT2D eigenvalue weighted by Crippen LogP contribution is -2.60. The molecule has 0 aliphatic carbocycles. The van der Waals surface area contributed by atoms with E-state index in [9.17, 15) is 18.0 Å². The molecule has 4 N–H and O–H groups in total. The van der Waals surface area contributed by atoms with Crippen LogP contribution in [0.4, 0.5) is 18.0 Å². The van der Waals surface area contributed by atoms with Gasteiger partial charge in [-0.15, -0.1) is 0 Å². The number of hydrogen-bond acceptors (Lipinski definition) is 5. The largest absolute Gasteiger partial charge is 0.542 e. The summed E-state index contributed by atoms with van der Waals surface area (Å²) in [6.45, 7) is 4.02. The molecule has 7 nitrogen and oxygen atoms in total. The molecule has 28 heavy (non-hydrogen) atoms. The molecule has 1 atom stereocenters. The maximum absolute atomic E-state index is 11.6. The molecule has 1 aromatic carbocycles. The minimum Gasteiger partial charge on any atom is -0.542 e. The molecule has 10 heteroatoms. The molecular formula is C18H26F3N3O4. The van der Waals surface area contributed by atoms with Crippen molar-refractivity contribution in [1.29, 1.82) is 0 Å². The number of nitrogens with zero attached hydrogens (tertiary/aromatic N) is 1. The molecule has 0 spiro atoms. The van der Waals surface area contributed by atoms with Gasteiger partial charge in [-0.25, -0.2) is 4.79 Å². The molecule has 0 aromatic heterocycles. The van der Waals surface area contributed by atoms with E-state index in [1.807, 2.05) is 30.3 Å². The van der Waals surface area contributed by atoms with E-state index in [-0.39, 0.29) is 6.09 Å². The lowest BCUT2D eigenvalue weighted by Gasteiger charge is -2.19. The lowest BCUT2D eigenvalue weighted by atomic mass is 10.1. The first kappa shape index (κ1) is 23.7. The molecule has 1 aliphatic heterocycles. The van der Waals surface area contributed by atoms with Crippen LogP contribution in [-0.2, 0) is 16.1 Å². The van der Waals surface area contributed by atoms with E-state index in [2.05, 4.69) is 16.0 Å². The Labute approximate surface area is 161 Å². The number of alkyl carbamates (subject to hydrolysis) is 1. The number of aliphatic carboxylic acids is 1. The van der Waals surface area contributed by atoms with Crippen molar-refractivity contribution in [1.82, 2.24) is 10.2 Å². The van der Waals surface area contributed by atoms with Crippen LogP contribution in [0.5, 0.6) is 0 Å². The Morgan fingerprint density at radius 2 is 1.86 bits per heavy atom. The quantitative estimate of drug-likeness (QED) is 0.733. The van der Waals surface area contributed by atoms with Crippen LogP contribution in [0.1, 0.15) is 24.8 Å². The minimum absolute atomic E-state index is 0.319. The number of quaternary nitrogens is 1. The molecule has 0 unspecified atom stereocenters. The summed E-state index contributed by atoms with van der Waals surface area (Å²) in [7, 11) is 0. The smallest absolute Gasteiger partial charge is 0.430 e. The van der Waals surface area contributed by atoms with E-state index in [0.29, 0.717) is 19.2 Å². The van der Waals surface area contributed by atoms with E-state index >= 15 is 0 Å². The van der Waals surface area contributed by atoms with Crippen molar-refractivity contribution < 1.29 is 38.3 Å². The summed E-state index contributed by atoms with van der Waals surface area (Å²) in [5.74, 6) is -3.01. The first-order valence-electron chi connectivity index (χ1n) is 8.96. The molecule has 1 aromatic rings. The van der Waals surface area contributed by atoms with Gasteiger partial charge in [0.1, 0.15) is 12.6 Å². The third kappa shape index (κ3) is 10.7. The summed E-state index contributed by atoms with van der Waals surface area (Å²) in [6.07, 6.45) is -1.97. The van der Waals surface area contributed by atoms with Crippen molar-refractivity contribution >= 4 is 12.1 Å². The Morgan fingerprint density at radius 3 is 2.46 bits per heavy atom. The predicted octanol–water partition coefficient (Wildman–Crippen LogP) is 0.308. The van der Waals surface area contributed by atoms with Crippen molar-refractivity contribution in [2.75, 3.05) is 26.2 Å². The number of carbonyl (C=O) groups excluding carboxylic acids is 2. The minimum atomic E-state index is -5.19. The Hall–Kier alpha value is -2.33. The summed E-state index contributed by atoms with van der Waals surface area (Å²) >= 11 is 0. The van der Waals surface area contributed by atoms with E-state index in [1.165, 1.54) is 12.8 Å². The lowest BCUT2D eigenvalue weighted by molar-refractivity contribution is -0.421. The van der Waals surface area contributed by atoms with Gasteiger partial charge >= 0.3 is 12.3 Å². The van der Waals surface area contributed by atoms with Gasteiger partial charge in [0, 0.05) is 32.5 Å². The second-order valence-electron chi connectivity index (χ2n) is 6.41. The number of benzene rings is 1. The number of carboxylic acids is 1. The Morgan fingerprint density at radius 1 is 1.21 bits per heavy atom. The number of nitrogens with one attached hydrogen (secondary N) is 1. The van der Waals surface area contributed by atoms with Gasteiger partial charge in [0.25, 0.3) is 0 Å². The van der Waals surface area contributed by atoms with Crippen LogP contribution in [-0.4, -0.2) is 55.4 Å². The molecule has 1 heterocycles. The van der Waals surface area contributed by atoms with E-state index < -0.39 is 12.1 Å². The van der Waals surface area contributed by atoms with Gasteiger partial charge < -0.3 is 30.6 Å². The van der Waals surface area contributed by atoms with Gasteiger partial charge in [0.15, 0.2) is 0 Å². The topological polar surface area (TPSA) is 109 Å². The fourth-order valence-electron chi connectivity index (χ4n) is 2.54. The third-order valence-electron chi connectivity index (χ3n) is 4.08. The van der Waals surface area contributed by atoms with Gasteiger partial charge in [0.2, 0.25) is 0 Å². The molecule has 1 fully saturated rings. The molecule has 1 amide bonds. The second-order valence-corrected chi connectivity index (χ2v) is 6.41. The molecule has 1 saturated heterocycles. The zero-order valence-electron chi connectivity index (χ0n) is 15.5. The Balaban J connectivity index is 0.000000480. The standard InChI is InChI=1S/C16H25N3O2.C2HF3O2/c17-15-7-4-10-19(11-8-15)12-9-18-16(20)21-13-14-5-2-1-3-6-14;3-2(4,5)1(6)7/h1-3,5-6,15H,4,7-13,17H2,(H,18,20);(H,6,7)/t15-;/m0./s1. The van der Waals surface area contributed by atoms with Crippen LogP contribution < -0.4 is 16.2 Å². The van der Waals surface area contributed by atoms with Crippen LogP contribution in [0.15, 0.2) is 30.3 Å². The molecular weight excluding hydrogens is 379 g/mol. The maximum atomic E-state index is 11.6. The highest BCUT2D eigenvalue weighted by molar-refractivity contribution is 5.70. The summed E-state index contributed by atoms with van der Waals surface area (Å²) in [5, 5.41) is 11.6. The summed E-state index contributed by atoms with van der Waals surface area (Å²) in [4.78, 5) is 22.8. The first-order chi connectivity index (χ1) is 13.2. The molecule has 1 aliphatic rings. The highest BCUT2D eigenvalue weighted by atomic mass is 19.4. The number of hydrogen-bond donors (Lipinski definition) is 2. The van der Waals surface area contributed by atoms with Crippen LogP contribution >= 0.6 is 0 Å². The van der Waals surface area contributed by atoms with E-state index in [0.717, 1.165) is 31.6 Å². The Bertz CT molecular complexity index is 599. The number of ether oxygens (including phenoxy) is 1. The average Bonchev–Trinajstić information content (AvgIpc) is 2.85. The number of likely N-dealkylation sites (tertiary alicyclic amines) is 1. The molecule has 0 radical (unpaired) electrons. The van der Waals surface area contributed by atoms with Gasteiger partial charge in [-0.3, -0.25) is 0 Å². The van der Waals surface area contributed by atoms with Gasteiger partial charge in [-0.05, 0) is 18.5 Å². The molecule has 2 rings (SSSR count). The van der Waals surface area contributed by atoms with Crippen LogP contribution in [0.25, 0.3) is 0 Å². The SMILES string of the molecule is O=C([O-])C(F)(F)F.[NH3+][C@H]1CCCN(CCNC(=O)OCc2ccccc2)CC1. The van der Waals surface area contributed by atoms with Crippen molar-refractivity contribution in [2.45, 2.75) is 38.1 Å². The third-order valence-corrected chi connectivity index (χ3v) is 4.08. The van der Waals surface area contributed by atoms with Gasteiger partial charge in [-0.2, -0.15) is 13.2 Å². The van der Waals surface area contributed by atoms with Gasteiger partial charge in [-0.1, -0.05) is 30.3 Å². The van der Waals surface area contributed by atoms with Gasteiger partial charge in [0.05, 0.1) is 6.04 Å². The number of amides is 1. The van der Waals surface area contributed by atoms with Crippen LogP contribution in [0.2, 0.25) is 0 Å². The summed E-state index contributed by atoms with van der Waals surface area (Å²) < 4.78 is 36.7. The summed E-state index contributed by atoms with van der Waals surface area (Å²) in [6, 6.07) is 10.3. The number of alkyl halides is 3. The van der Waals surface area contributed by atoms with Crippen LogP contribution in [0.3, 0.4) is 0 Å². The van der Waals surface area contributed by atoms with Crippen molar-refractivity contribution in [3.63, 3.8) is 0 Å². The maximum Gasteiger partial charge on any atom is 0.430 e. The molecule has 0 bridgehead atoms. The van der Waals surface area contributed by atoms with Crippen LogP contribution in [0, 0.1) is 0 Å². The monoisotopic (exact) mass is 405 g/mol. The second kappa shape index (κ2) is 12.2. The zero-order chi connectivity index (χ0) is 21.0. The normalized spacial score (nSPS) is 17.6. The number of halogens is 3. The highest BCUT2D eigenvalue weighted by Gasteiger charge is 2.28. The Kier molecular flexibility index (Phi) is 10.3. The van der Waals surface area contributed by atoms with Crippen molar-refractivity contribution in [3.05, 3.63) is 35.9 Å². The number of carbonyl (C=O) groups is 2. The first-order valence-corrected chi connectivity index (χ1v) is 8.96. The average molecular weight is 405 g/mol. The van der Waals surface area contributed by atoms with E-state index in [1.54, 1.807) is 0 Å². The number of rotatable bonds is 5.